The van der Waals surface area contributed by atoms with Gasteiger partial charge in [0.25, 0.3) is 0 Å². The highest BCUT2D eigenvalue weighted by atomic mass is 16.6. The highest BCUT2D eigenvalue weighted by Gasteiger charge is 2.27. The molecule has 1 aliphatic rings. The van der Waals surface area contributed by atoms with Gasteiger partial charge in [-0.3, -0.25) is 0 Å². The van der Waals surface area contributed by atoms with Crippen molar-refractivity contribution in [2.45, 2.75) is 65.1 Å². The Morgan fingerprint density at radius 2 is 1.88 bits per heavy atom. The number of hydrogen-bond donors (Lipinski definition) is 3. The minimum Gasteiger partial charge on any atom is -0.465 e. The van der Waals surface area contributed by atoms with E-state index in [1.165, 1.54) is 4.57 Å². The first-order valence-corrected chi connectivity index (χ1v) is 11.2. The van der Waals surface area contributed by atoms with Crippen molar-refractivity contribution < 1.29 is 19.4 Å². The molecule has 2 heterocycles. The molecule has 1 fully saturated rings. The summed E-state index contributed by atoms with van der Waals surface area (Å²) in [4.78, 5) is 30.9. The summed E-state index contributed by atoms with van der Waals surface area (Å²) in [6, 6.07) is 7.58. The van der Waals surface area contributed by atoms with Gasteiger partial charge in [0.1, 0.15) is 5.60 Å². The lowest BCUT2D eigenvalue weighted by molar-refractivity contribution is 0.0546. The number of piperidine rings is 1. The molecular weight excluding hydrogens is 410 g/mol. The van der Waals surface area contributed by atoms with Crippen molar-refractivity contribution in [3.63, 3.8) is 0 Å². The molecule has 0 radical (unpaired) electrons. The number of carbonyl (C=O) groups excluding carboxylic acids is 1. The maximum absolute atomic E-state index is 12.9. The van der Waals surface area contributed by atoms with Crippen molar-refractivity contribution >= 4 is 29.2 Å². The summed E-state index contributed by atoms with van der Waals surface area (Å²) in [5.74, 6) is 0.710. The van der Waals surface area contributed by atoms with Crippen LogP contribution in [0.3, 0.4) is 0 Å². The van der Waals surface area contributed by atoms with E-state index in [0.29, 0.717) is 18.0 Å². The Morgan fingerprint density at radius 1 is 1.22 bits per heavy atom. The molecule has 3 rings (SSSR count). The number of imidazole rings is 1. The minimum atomic E-state index is -0.985. The average molecular weight is 446 g/mol. The summed E-state index contributed by atoms with van der Waals surface area (Å²) in [5, 5.41) is 15.2. The molecular formula is C23H35N5O4. The number of rotatable bonds is 6. The molecule has 9 heteroatoms. The Morgan fingerprint density at radius 3 is 2.47 bits per heavy atom. The third kappa shape index (κ3) is 6.12. The molecule has 1 unspecified atom stereocenters. The Labute approximate surface area is 189 Å². The van der Waals surface area contributed by atoms with Crippen LogP contribution in [0.5, 0.6) is 0 Å². The van der Waals surface area contributed by atoms with Crippen molar-refractivity contribution in [1.29, 1.82) is 0 Å². The van der Waals surface area contributed by atoms with Crippen molar-refractivity contribution in [3.05, 3.63) is 24.3 Å². The van der Waals surface area contributed by atoms with Crippen molar-refractivity contribution in [3.8, 4) is 0 Å². The third-order valence-corrected chi connectivity index (χ3v) is 5.63. The van der Waals surface area contributed by atoms with E-state index >= 15 is 0 Å². The van der Waals surface area contributed by atoms with Gasteiger partial charge >= 0.3 is 12.2 Å². The van der Waals surface area contributed by atoms with Gasteiger partial charge in [0.2, 0.25) is 5.95 Å². The van der Waals surface area contributed by atoms with Gasteiger partial charge in [-0.15, -0.1) is 0 Å². The van der Waals surface area contributed by atoms with Crippen LogP contribution >= 0.6 is 0 Å². The second kappa shape index (κ2) is 9.77. The second-order valence-corrected chi connectivity index (χ2v) is 9.76. The SMILES string of the molecule is CC(C)C(CN1CCC(Nc2nc3ccccc3n2C(=O)OC(C)(C)C)CC1)NC(=O)O. The second-order valence-electron chi connectivity index (χ2n) is 9.76. The van der Waals surface area contributed by atoms with Gasteiger partial charge in [0.15, 0.2) is 0 Å². The van der Waals surface area contributed by atoms with Crippen molar-refractivity contribution in [2.75, 3.05) is 25.0 Å². The quantitative estimate of drug-likeness (QED) is 0.617. The maximum Gasteiger partial charge on any atom is 0.421 e. The fraction of sp³-hybridized carbons (Fsp3) is 0.609. The van der Waals surface area contributed by atoms with Crippen LogP contribution in [0.2, 0.25) is 0 Å². The number of benzene rings is 1. The summed E-state index contributed by atoms with van der Waals surface area (Å²) in [5.41, 5.74) is 0.834. The zero-order valence-corrected chi connectivity index (χ0v) is 19.6. The van der Waals surface area contributed by atoms with Crippen LogP contribution in [0.1, 0.15) is 47.5 Å². The van der Waals surface area contributed by atoms with E-state index < -0.39 is 17.8 Å². The number of likely N-dealkylation sites (tertiary alicyclic amines) is 1. The molecule has 0 saturated carbocycles. The van der Waals surface area contributed by atoms with Crippen molar-refractivity contribution in [1.82, 2.24) is 19.8 Å². The van der Waals surface area contributed by atoms with Gasteiger partial charge in [-0.1, -0.05) is 26.0 Å². The fourth-order valence-corrected chi connectivity index (χ4v) is 3.92. The number of nitrogens with one attached hydrogen (secondary N) is 2. The molecule has 0 spiro atoms. The molecule has 1 amide bonds. The number of anilines is 1. The largest absolute Gasteiger partial charge is 0.465 e. The molecule has 1 aromatic heterocycles. The van der Waals surface area contributed by atoms with Gasteiger partial charge in [0.05, 0.1) is 11.0 Å². The number of carboxylic acid groups (broad SMARTS) is 1. The smallest absolute Gasteiger partial charge is 0.421 e. The molecule has 0 bridgehead atoms. The average Bonchev–Trinajstić information content (AvgIpc) is 3.05. The predicted molar refractivity (Wildman–Crippen MR) is 124 cm³/mol. The van der Waals surface area contributed by atoms with E-state index in [0.717, 1.165) is 31.4 Å². The summed E-state index contributed by atoms with van der Waals surface area (Å²) >= 11 is 0. The van der Waals surface area contributed by atoms with E-state index in [2.05, 4.69) is 20.5 Å². The Kier molecular flexibility index (Phi) is 7.28. The fourth-order valence-electron chi connectivity index (χ4n) is 3.92. The van der Waals surface area contributed by atoms with Crippen LogP contribution in [0, 0.1) is 5.92 Å². The Balaban J connectivity index is 1.68. The van der Waals surface area contributed by atoms with E-state index in [1.54, 1.807) is 0 Å². The van der Waals surface area contributed by atoms with Crippen LogP contribution < -0.4 is 10.6 Å². The lowest BCUT2D eigenvalue weighted by Crippen LogP contribution is -2.49. The molecule has 1 saturated heterocycles. The first kappa shape index (κ1) is 23.8. The number of hydrogen-bond acceptors (Lipinski definition) is 6. The highest BCUT2D eigenvalue weighted by molar-refractivity contribution is 5.90. The molecule has 1 aliphatic heterocycles. The topological polar surface area (TPSA) is 109 Å². The predicted octanol–water partition coefficient (Wildman–Crippen LogP) is 3.99. The zero-order valence-electron chi connectivity index (χ0n) is 19.6. The minimum absolute atomic E-state index is 0.103. The number of nitrogens with zero attached hydrogens (tertiary/aromatic N) is 3. The van der Waals surface area contributed by atoms with Gasteiger partial charge < -0.3 is 25.4 Å². The van der Waals surface area contributed by atoms with E-state index in [1.807, 2.05) is 58.9 Å². The third-order valence-electron chi connectivity index (χ3n) is 5.63. The number of para-hydroxylation sites is 2. The van der Waals surface area contributed by atoms with Gasteiger partial charge in [-0.05, 0) is 51.7 Å². The van der Waals surface area contributed by atoms with Crippen LogP contribution in [0.4, 0.5) is 15.5 Å². The number of carbonyl (C=O) groups is 2. The van der Waals surface area contributed by atoms with Crippen LogP contribution in [-0.4, -0.2) is 69.1 Å². The zero-order chi connectivity index (χ0) is 23.5. The van der Waals surface area contributed by atoms with E-state index in [9.17, 15) is 9.59 Å². The van der Waals surface area contributed by atoms with E-state index in [4.69, 9.17) is 9.84 Å². The molecule has 1 aromatic carbocycles. The van der Waals surface area contributed by atoms with Crippen LogP contribution in [-0.2, 0) is 4.74 Å². The van der Waals surface area contributed by atoms with Gasteiger partial charge in [0, 0.05) is 31.7 Å². The van der Waals surface area contributed by atoms with Crippen LogP contribution in [0.15, 0.2) is 24.3 Å². The first-order valence-electron chi connectivity index (χ1n) is 11.2. The lowest BCUT2D eigenvalue weighted by atomic mass is 10.0. The summed E-state index contributed by atoms with van der Waals surface area (Å²) in [7, 11) is 0. The lowest BCUT2D eigenvalue weighted by Gasteiger charge is -2.35. The molecule has 2 aromatic rings. The van der Waals surface area contributed by atoms with Crippen molar-refractivity contribution in [2.24, 2.45) is 5.92 Å². The molecule has 9 nitrogen and oxygen atoms in total. The van der Waals surface area contributed by atoms with Gasteiger partial charge in [-0.25, -0.2) is 19.1 Å². The Hall–Kier alpha value is -2.81. The number of fused-ring (bicyclic) bond motifs is 1. The summed E-state index contributed by atoms with van der Waals surface area (Å²) < 4.78 is 7.13. The Bertz CT molecular complexity index is 942. The summed E-state index contributed by atoms with van der Waals surface area (Å²) in [6.45, 7) is 12.0. The number of ether oxygens (including phenoxy) is 1. The maximum atomic E-state index is 12.9. The first-order chi connectivity index (χ1) is 15.0. The molecule has 32 heavy (non-hydrogen) atoms. The molecule has 3 N–H and O–H groups in total. The monoisotopic (exact) mass is 445 g/mol. The van der Waals surface area contributed by atoms with Crippen LogP contribution in [0.25, 0.3) is 11.0 Å². The molecule has 0 aliphatic carbocycles. The highest BCUT2D eigenvalue weighted by Crippen LogP contribution is 2.24. The normalized spacial score (nSPS) is 16.8. The number of amides is 1. The summed E-state index contributed by atoms with van der Waals surface area (Å²) in [6.07, 6.45) is 0.303. The standard InChI is InChI=1S/C23H35N5O4/c1-15(2)18(26-21(29)30)14-27-12-10-16(11-13-27)24-20-25-17-8-6-7-9-19(17)28(20)22(31)32-23(3,4)5/h6-9,15-16,18,26H,10-14H2,1-5H3,(H,24,25)(H,29,30). The van der Waals surface area contributed by atoms with Gasteiger partial charge in [-0.2, -0.15) is 0 Å². The number of aromatic nitrogens is 2. The van der Waals surface area contributed by atoms with E-state index in [-0.39, 0.29) is 18.0 Å². The molecule has 1 atom stereocenters. The molecule has 176 valence electrons.